The Morgan fingerprint density at radius 3 is 2.14 bits per heavy atom. The Morgan fingerprint density at radius 1 is 0.973 bits per heavy atom. The van der Waals surface area contributed by atoms with Crippen LogP contribution in [0.4, 0.5) is 10.1 Å². The first-order valence-corrected chi connectivity index (χ1v) is 12.6. The van der Waals surface area contributed by atoms with E-state index in [2.05, 4.69) is 36.2 Å². The topological polar surface area (TPSA) is 86.6 Å². The number of hydrogen-bond donors (Lipinski definition) is 3. The normalized spacial score (nSPS) is 16.8. The summed E-state index contributed by atoms with van der Waals surface area (Å²) in [4.78, 5) is 22.8. The minimum Gasteiger partial charge on any atom is -0.481 e. The molecule has 1 fully saturated rings. The number of hydrogen-bond acceptors (Lipinski definition) is 3. The molecule has 0 aliphatic heterocycles. The fraction of sp³-hybridized carbons (Fsp3) is 0.290. The Morgan fingerprint density at radius 2 is 1.59 bits per heavy atom. The predicted octanol–water partition coefficient (Wildman–Crippen LogP) is 6.01. The van der Waals surface area contributed by atoms with E-state index in [1.54, 1.807) is 0 Å². The van der Waals surface area contributed by atoms with Gasteiger partial charge in [-0.25, -0.2) is 9.18 Å². The van der Waals surface area contributed by atoms with E-state index in [-0.39, 0.29) is 12.0 Å². The maximum Gasteiger partial charge on any atom is 0.338 e. The number of aliphatic carboxylic acids is 1. The summed E-state index contributed by atoms with van der Waals surface area (Å²) in [6, 6.07) is 19.7. The van der Waals surface area contributed by atoms with Gasteiger partial charge in [0.1, 0.15) is 5.82 Å². The van der Waals surface area contributed by atoms with Crippen LogP contribution in [-0.2, 0) is 17.6 Å². The maximum atomic E-state index is 13.8. The summed E-state index contributed by atoms with van der Waals surface area (Å²) in [5.41, 5.74) is 4.18. The molecule has 0 bridgehead atoms. The zero-order valence-corrected chi connectivity index (χ0v) is 20.7. The molecule has 3 N–H and O–H groups in total. The number of anilines is 1. The Hall–Kier alpha value is -4.11. The average Bonchev–Trinajstić information content (AvgIpc) is 3.70. The molecule has 1 saturated carbocycles. The van der Waals surface area contributed by atoms with E-state index >= 15 is 0 Å². The molecule has 5 nitrogen and oxygen atoms in total. The first-order chi connectivity index (χ1) is 17.8. The van der Waals surface area contributed by atoms with Crippen LogP contribution in [-0.4, -0.2) is 28.2 Å². The van der Waals surface area contributed by atoms with Crippen molar-refractivity contribution in [3.8, 4) is 11.8 Å². The summed E-state index contributed by atoms with van der Waals surface area (Å²) in [5, 5.41) is 21.9. The molecule has 37 heavy (non-hydrogen) atoms. The smallest absolute Gasteiger partial charge is 0.338 e. The lowest BCUT2D eigenvalue weighted by Gasteiger charge is -2.21. The van der Waals surface area contributed by atoms with E-state index in [1.807, 2.05) is 36.4 Å². The lowest BCUT2D eigenvalue weighted by atomic mass is 9.99. The zero-order valence-electron chi connectivity index (χ0n) is 20.7. The van der Waals surface area contributed by atoms with Crippen LogP contribution in [0.2, 0.25) is 0 Å². The maximum absolute atomic E-state index is 13.8. The summed E-state index contributed by atoms with van der Waals surface area (Å²) >= 11 is 0. The number of aromatic carboxylic acids is 1. The van der Waals surface area contributed by atoms with Gasteiger partial charge in [-0.1, -0.05) is 49.5 Å². The summed E-state index contributed by atoms with van der Waals surface area (Å²) < 4.78 is 13.8. The molecule has 0 amide bonds. The molecule has 1 aliphatic carbocycles. The van der Waals surface area contributed by atoms with Gasteiger partial charge in [0, 0.05) is 22.9 Å². The van der Waals surface area contributed by atoms with Crippen LogP contribution in [0.3, 0.4) is 0 Å². The van der Waals surface area contributed by atoms with E-state index in [9.17, 15) is 24.2 Å². The fourth-order valence-corrected chi connectivity index (χ4v) is 4.50. The standard InChI is InChI=1S/C31H30FNO4/c1-2-3-4-20-5-7-21(8-6-20)9-10-22-11-13-23(14-12-22)17-29(25-19-26(25)30(34)35)33-24-15-16-28(32)27(18-24)31(36)37/h5-8,11-16,18,25-26,29,33H,2-4,17,19H2,1H3,(H,34,35)(H,36,37). The minimum atomic E-state index is -1.35. The molecule has 3 unspecified atom stereocenters. The summed E-state index contributed by atoms with van der Waals surface area (Å²) in [7, 11) is 0. The molecule has 190 valence electrons. The van der Waals surface area contributed by atoms with Gasteiger partial charge in [-0.15, -0.1) is 0 Å². The lowest BCUT2D eigenvalue weighted by molar-refractivity contribution is -0.138. The Bertz CT molecular complexity index is 1320. The highest BCUT2D eigenvalue weighted by molar-refractivity contribution is 5.89. The number of benzene rings is 3. The number of halogens is 1. The second-order valence-electron chi connectivity index (χ2n) is 9.55. The number of carboxylic acids is 2. The largest absolute Gasteiger partial charge is 0.481 e. The van der Waals surface area contributed by atoms with Gasteiger partial charge in [0.05, 0.1) is 11.5 Å². The van der Waals surface area contributed by atoms with Crippen LogP contribution < -0.4 is 5.32 Å². The third-order valence-electron chi connectivity index (χ3n) is 6.76. The van der Waals surface area contributed by atoms with Crippen LogP contribution in [0.5, 0.6) is 0 Å². The van der Waals surface area contributed by atoms with Crippen molar-refractivity contribution in [2.45, 2.75) is 45.1 Å². The molecular formula is C31H30FNO4. The van der Waals surface area contributed by atoms with Gasteiger partial charge < -0.3 is 15.5 Å². The molecule has 0 spiro atoms. The number of rotatable bonds is 10. The number of carbonyl (C=O) groups is 2. The third kappa shape index (κ3) is 6.98. The summed E-state index contributed by atoms with van der Waals surface area (Å²) in [5.74, 6) is 2.83. The Labute approximate surface area is 216 Å². The van der Waals surface area contributed by atoms with Gasteiger partial charge >= 0.3 is 11.9 Å². The quantitative estimate of drug-likeness (QED) is 0.298. The van der Waals surface area contributed by atoms with E-state index in [0.717, 1.165) is 29.2 Å². The molecule has 6 heteroatoms. The molecule has 3 aromatic carbocycles. The van der Waals surface area contributed by atoms with Crippen molar-refractivity contribution in [3.63, 3.8) is 0 Å². The summed E-state index contributed by atoms with van der Waals surface area (Å²) in [6.45, 7) is 2.18. The molecule has 4 rings (SSSR count). The van der Waals surface area contributed by atoms with Crippen molar-refractivity contribution in [3.05, 3.63) is 100 Å². The third-order valence-corrected chi connectivity index (χ3v) is 6.76. The second-order valence-corrected chi connectivity index (χ2v) is 9.55. The van der Waals surface area contributed by atoms with Crippen molar-refractivity contribution >= 4 is 17.6 Å². The minimum absolute atomic E-state index is 0.101. The summed E-state index contributed by atoms with van der Waals surface area (Å²) in [6.07, 6.45) is 4.52. The molecule has 1 aliphatic rings. The van der Waals surface area contributed by atoms with Crippen molar-refractivity contribution in [1.82, 2.24) is 0 Å². The molecule has 3 atom stereocenters. The highest BCUT2D eigenvalue weighted by Crippen LogP contribution is 2.43. The van der Waals surface area contributed by atoms with E-state index < -0.39 is 29.2 Å². The first kappa shape index (κ1) is 26.0. The molecule has 0 aromatic heterocycles. The Balaban J connectivity index is 1.45. The van der Waals surface area contributed by atoms with Crippen LogP contribution in [0.15, 0.2) is 66.7 Å². The predicted molar refractivity (Wildman–Crippen MR) is 141 cm³/mol. The van der Waals surface area contributed by atoms with Gasteiger partial charge in [0.15, 0.2) is 0 Å². The van der Waals surface area contributed by atoms with Crippen LogP contribution >= 0.6 is 0 Å². The second kappa shape index (κ2) is 11.7. The van der Waals surface area contributed by atoms with Crippen molar-refractivity contribution in [2.24, 2.45) is 11.8 Å². The number of nitrogens with one attached hydrogen (secondary N) is 1. The molecule has 0 heterocycles. The van der Waals surface area contributed by atoms with Crippen LogP contribution in [0.25, 0.3) is 0 Å². The number of unbranched alkanes of at least 4 members (excludes halogenated alkanes) is 1. The SMILES string of the molecule is CCCCc1ccc(C#Cc2ccc(CC(Nc3ccc(F)c(C(=O)O)c3)C3CC3C(=O)O)cc2)cc1. The van der Waals surface area contributed by atoms with Gasteiger partial charge in [0.2, 0.25) is 0 Å². The number of aryl methyl sites for hydroxylation is 1. The van der Waals surface area contributed by atoms with Crippen molar-refractivity contribution in [1.29, 1.82) is 0 Å². The van der Waals surface area contributed by atoms with Gasteiger partial charge in [-0.05, 0) is 85.2 Å². The molecule has 0 radical (unpaired) electrons. The molecule has 0 saturated heterocycles. The zero-order chi connectivity index (χ0) is 26.4. The van der Waals surface area contributed by atoms with E-state index in [4.69, 9.17) is 0 Å². The Kier molecular flexibility index (Phi) is 8.25. The van der Waals surface area contributed by atoms with Crippen LogP contribution in [0, 0.1) is 29.5 Å². The highest BCUT2D eigenvalue weighted by atomic mass is 19.1. The molecule has 3 aromatic rings. The van der Waals surface area contributed by atoms with Crippen molar-refractivity contribution < 1.29 is 24.2 Å². The lowest BCUT2D eigenvalue weighted by Crippen LogP contribution is -2.27. The monoisotopic (exact) mass is 499 g/mol. The van der Waals surface area contributed by atoms with E-state index in [1.165, 1.54) is 30.5 Å². The molecular weight excluding hydrogens is 469 g/mol. The fourth-order valence-electron chi connectivity index (χ4n) is 4.50. The van der Waals surface area contributed by atoms with E-state index in [0.29, 0.717) is 18.5 Å². The number of carboxylic acid groups (broad SMARTS) is 2. The highest BCUT2D eigenvalue weighted by Gasteiger charge is 2.48. The van der Waals surface area contributed by atoms with Gasteiger partial charge in [0.25, 0.3) is 0 Å². The first-order valence-electron chi connectivity index (χ1n) is 12.6. The van der Waals surface area contributed by atoms with Crippen molar-refractivity contribution in [2.75, 3.05) is 5.32 Å². The van der Waals surface area contributed by atoms with Gasteiger partial charge in [-0.3, -0.25) is 4.79 Å². The average molecular weight is 500 g/mol. The van der Waals surface area contributed by atoms with Crippen LogP contribution in [0.1, 0.15) is 58.8 Å². The van der Waals surface area contributed by atoms with Gasteiger partial charge in [-0.2, -0.15) is 0 Å².